The summed E-state index contributed by atoms with van der Waals surface area (Å²) in [4.78, 5) is 14.2. The van der Waals surface area contributed by atoms with Crippen molar-refractivity contribution in [2.75, 3.05) is 6.54 Å². The number of carboxylic acids is 1. The van der Waals surface area contributed by atoms with Gasteiger partial charge < -0.3 is 9.90 Å². The van der Waals surface area contributed by atoms with Gasteiger partial charge in [-0.1, -0.05) is 103 Å². The molecule has 0 heterocycles. The SMILES string of the molecule is CCCCCCCCCCCCCCCCCCN=CCC(=O)[O-].[Na+]. The Labute approximate surface area is 178 Å². The maximum atomic E-state index is 10.2. The second-order valence-corrected chi connectivity index (χ2v) is 6.97. The number of carboxylic acid groups (broad SMARTS) is 1. The smallest absolute Gasteiger partial charge is 0.550 e. The number of rotatable bonds is 19. The third-order valence-corrected chi connectivity index (χ3v) is 4.53. The van der Waals surface area contributed by atoms with Crippen molar-refractivity contribution in [3.05, 3.63) is 0 Å². The molecule has 0 saturated heterocycles. The number of unbranched alkanes of at least 4 members (excludes halogenated alkanes) is 15. The topological polar surface area (TPSA) is 52.5 Å². The van der Waals surface area contributed by atoms with Crippen molar-refractivity contribution in [2.45, 2.75) is 116 Å². The minimum atomic E-state index is -1.05. The van der Waals surface area contributed by atoms with Crippen molar-refractivity contribution in [1.82, 2.24) is 0 Å². The van der Waals surface area contributed by atoms with E-state index in [0.29, 0.717) is 0 Å². The fraction of sp³-hybridized carbons (Fsp3) is 0.905. The van der Waals surface area contributed by atoms with Gasteiger partial charge in [0.2, 0.25) is 0 Å². The largest absolute Gasteiger partial charge is 1.00 e. The molecule has 0 N–H and O–H groups in total. The van der Waals surface area contributed by atoms with Gasteiger partial charge in [0.05, 0.1) is 0 Å². The molecule has 142 valence electrons. The van der Waals surface area contributed by atoms with E-state index in [1.165, 1.54) is 103 Å². The molecule has 3 nitrogen and oxygen atoms in total. The molecular weight excluding hydrogens is 321 g/mol. The average Bonchev–Trinajstić information content (AvgIpc) is 2.56. The summed E-state index contributed by atoms with van der Waals surface area (Å²) in [5, 5.41) is 10.2. The Hall–Kier alpha value is 0.140. The Balaban J connectivity index is 0. The van der Waals surface area contributed by atoms with E-state index in [9.17, 15) is 9.90 Å². The van der Waals surface area contributed by atoms with Crippen molar-refractivity contribution in [1.29, 1.82) is 0 Å². The first-order valence-electron chi connectivity index (χ1n) is 10.5. The fourth-order valence-electron chi connectivity index (χ4n) is 2.98. The van der Waals surface area contributed by atoms with E-state index in [2.05, 4.69) is 11.9 Å². The molecule has 0 atom stereocenters. The van der Waals surface area contributed by atoms with Crippen molar-refractivity contribution in [2.24, 2.45) is 4.99 Å². The average molecular weight is 362 g/mol. The standard InChI is InChI=1S/C21H41NO2.Na/c1-2-3-4-5-6-7-8-9-10-11-12-13-14-15-16-17-19-22-20-18-21(23)24;/h20H,2-19H2,1H3,(H,23,24);/q;+1/p-1. The predicted molar refractivity (Wildman–Crippen MR) is 103 cm³/mol. The number of hydrogen-bond acceptors (Lipinski definition) is 3. The van der Waals surface area contributed by atoms with E-state index in [4.69, 9.17) is 0 Å². The number of aliphatic carboxylic acids is 1. The Bertz CT molecular complexity index is 296. The first-order chi connectivity index (χ1) is 11.8. The van der Waals surface area contributed by atoms with Crippen molar-refractivity contribution in [3.8, 4) is 0 Å². The van der Waals surface area contributed by atoms with E-state index >= 15 is 0 Å². The van der Waals surface area contributed by atoms with Crippen LogP contribution in [-0.4, -0.2) is 18.7 Å². The molecular formula is C21H40NNaO2. The maximum Gasteiger partial charge on any atom is 1.00 e. The van der Waals surface area contributed by atoms with E-state index in [1.54, 1.807) is 0 Å². The van der Waals surface area contributed by atoms with Gasteiger partial charge in [-0.05, 0) is 6.42 Å². The van der Waals surface area contributed by atoms with E-state index in [1.807, 2.05) is 0 Å². The molecule has 0 aromatic heterocycles. The maximum absolute atomic E-state index is 10.2. The van der Waals surface area contributed by atoms with Gasteiger partial charge >= 0.3 is 29.6 Å². The van der Waals surface area contributed by atoms with Crippen LogP contribution in [0.25, 0.3) is 0 Å². The van der Waals surface area contributed by atoms with E-state index in [0.717, 1.165) is 13.0 Å². The summed E-state index contributed by atoms with van der Waals surface area (Å²) in [6.45, 7) is 3.03. The summed E-state index contributed by atoms with van der Waals surface area (Å²) in [5.74, 6) is -1.05. The molecule has 0 spiro atoms. The van der Waals surface area contributed by atoms with Gasteiger partial charge in [0.25, 0.3) is 0 Å². The normalized spacial score (nSPS) is 10.9. The molecule has 0 aliphatic rings. The van der Waals surface area contributed by atoms with Crippen LogP contribution in [0.2, 0.25) is 0 Å². The Morgan fingerprint density at radius 2 is 1.08 bits per heavy atom. The zero-order chi connectivity index (χ0) is 17.7. The molecule has 25 heavy (non-hydrogen) atoms. The number of carbonyl (C=O) groups is 1. The van der Waals surface area contributed by atoms with Crippen LogP contribution < -0.4 is 34.7 Å². The van der Waals surface area contributed by atoms with Crippen LogP contribution in [-0.2, 0) is 4.79 Å². The summed E-state index contributed by atoms with van der Waals surface area (Å²) < 4.78 is 0. The van der Waals surface area contributed by atoms with Crippen LogP contribution in [0.1, 0.15) is 116 Å². The zero-order valence-electron chi connectivity index (χ0n) is 17.1. The molecule has 0 rings (SSSR count). The van der Waals surface area contributed by atoms with Crippen LogP contribution in [0.4, 0.5) is 0 Å². The van der Waals surface area contributed by atoms with Gasteiger partial charge in [-0.2, -0.15) is 0 Å². The zero-order valence-corrected chi connectivity index (χ0v) is 19.1. The molecule has 0 aromatic carbocycles. The molecule has 0 unspecified atom stereocenters. The number of nitrogens with zero attached hydrogens (tertiary/aromatic N) is 1. The van der Waals surface area contributed by atoms with E-state index in [-0.39, 0.29) is 36.0 Å². The molecule has 0 aliphatic heterocycles. The first-order valence-corrected chi connectivity index (χ1v) is 10.5. The monoisotopic (exact) mass is 361 g/mol. The third-order valence-electron chi connectivity index (χ3n) is 4.53. The molecule has 0 fully saturated rings. The third kappa shape index (κ3) is 26.5. The van der Waals surface area contributed by atoms with Crippen LogP contribution in [0, 0.1) is 0 Å². The van der Waals surface area contributed by atoms with Gasteiger partial charge in [-0.15, -0.1) is 0 Å². The molecule has 0 bridgehead atoms. The molecule has 4 heteroatoms. The molecule has 0 aliphatic carbocycles. The predicted octanol–water partition coefficient (Wildman–Crippen LogP) is 2.46. The Morgan fingerprint density at radius 1 is 0.720 bits per heavy atom. The summed E-state index contributed by atoms with van der Waals surface area (Å²) in [6, 6.07) is 0. The van der Waals surface area contributed by atoms with E-state index < -0.39 is 5.97 Å². The minimum absolute atomic E-state index is 0. The van der Waals surface area contributed by atoms with Gasteiger partial charge in [-0.25, -0.2) is 0 Å². The number of hydrogen-bond donors (Lipinski definition) is 0. The quantitative estimate of drug-likeness (QED) is 0.202. The molecule has 0 amide bonds. The van der Waals surface area contributed by atoms with Crippen LogP contribution in [0.5, 0.6) is 0 Å². The summed E-state index contributed by atoms with van der Waals surface area (Å²) in [5.41, 5.74) is 0. The van der Waals surface area contributed by atoms with Gasteiger partial charge in [0.1, 0.15) is 0 Å². The van der Waals surface area contributed by atoms with Gasteiger partial charge in [-0.3, -0.25) is 4.99 Å². The summed E-state index contributed by atoms with van der Waals surface area (Å²) in [7, 11) is 0. The minimum Gasteiger partial charge on any atom is -0.550 e. The molecule has 0 aromatic rings. The summed E-state index contributed by atoms with van der Waals surface area (Å²) >= 11 is 0. The van der Waals surface area contributed by atoms with Crippen LogP contribution in [0.15, 0.2) is 4.99 Å². The van der Waals surface area contributed by atoms with Crippen molar-refractivity contribution >= 4 is 12.2 Å². The molecule has 0 saturated carbocycles. The second-order valence-electron chi connectivity index (χ2n) is 6.97. The molecule has 0 radical (unpaired) electrons. The van der Waals surface area contributed by atoms with Gasteiger partial charge in [0.15, 0.2) is 0 Å². The van der Waals surface area contributed by atoms with Gasteiger partial charge in [0, 0.05) is 25.1 Å². The number of carbonyl (C=O) groups excluding carboxylic acids is 1. The Kier molecular flexibility index (Phi) is 26.4. The van der Waals surface area contributed by atoms with Crippen molar-refractivity contribution in [3.63, 3.8) is 0 Å². The van der Waals surface area contributed by atoms with Crippen molar-refractivity contribution < 1.29 is 39.5 Å². The van der Waals surface area contributed by atoms with Crippen LogP contribution in [0.3, 0.4) is 0 Å². The van der Waals surface area contributed by atoms with Crippen LogP contribution >= 0.6 is 0 Å². The second kappa shape index (κ2) is 24.1. The summed E-state index contributed by atoms with van der Waals surface area (Å²) in [6.07, 6.45) is 23.3. The fourth-order valence-corrected chi connectivity index (χ4v) is 2.98. The Morgan fingerprint density at radius 3 is 1.44 bits per heavy atom. The first kappa shape index (κ1) is 27.4. The number of aliphatic imine (C=N–C) groups is 1.